The van der Waals surface area contributed by atoms with Gasteiger partial charge in [0.25, 0.3) is 0 Å². The molecule has 0 unspecified atom stereocenters. The first-order valence-electron chi connectivity index (χ1n) is 9.54. The first-order chi connectivity index (χ1) is 14.4. The molecule has 0 radical (unpaired) electrons. The van der Waals surface area contributed by atoms with Crippen molar-refractivity contribution in [2.45, 2.75) is 26.1 Å². The minimum atomic E-state index is -1.01. The molecule has 0 aliphatic carbocycles. The van der Waals surface area contributed by atoms with Gasteiger partial charge in [0.1, 0.15) is 37.9 Å². The predicted octanol–water partition coefficient (Wildman–Crippen LogP) is 1.46. The maximum Gasteiger partial charge on any atom is 0.329 e. The van der Waals surface area contributed by atoms with Crippen LogP contribution >= 0.6 is 0 Å². The zero-order valence-corrected chi connectivity index (χ0v) is 17.3. The number of rotatable bonds is 18. The van der Waals surface area contributed by atoms with Crippen LogP contribution in [0, 0.1) is 0 Å². The Labute approximate surface area is 175 Å². The van der Waals surface area contributed by atoms with Crippen LogP contribution < -0.4 is 9.47 Å². The summed E-state index contributed by atoms with van der Waals surface area (Å²) < 4.78 is 31.9. The molecule has 0 aliphatic heterocycles. The van der Waals surface area contributed by atoms with Gasteiger partial charge in [0.2, 0.25) is 0 Å². The quantitative estimate of drug-likeness (QED) is 0.330. The minimum absolute atomic E-state index is 0.288. The summed E-state index contributed by atoms with van der Waals surface area (Å²) in [5.41, 5.74) is 0. The van der Waals surface area contributed by atoms with Gasteiger partial charge in [0.05, 0.1) is 38.6 Å². The highest BCUT2D eigenvalue weighted by Gasteiger charge is 2.06. The van der Waals surface area contributed by atoms with Crippen LogP contribution in [0.2, 0.25) is 0 Å². The third kappa shape index (κ3) is 13.7. The molecule has 0 amide bonds. The molecule has 10 nitrogen and oxygen atoms in total. The second kappa shape index (κ2) is 15.4. The first kappa shape index (κ1) is 25.6. The highest BCUT2D eigenvalue weighted by molar-refractivity contribution is 5.68. The van der Waals surface area contributed by atoms with E-state index in [9.17, 15) is 9.59 Å². The molecule has 170 valence electrons. The molecule has 1 rings (SSSR count). The number of ether oxygens (including phenoxy) is 6. The summed E-state index contributed by atoms with van der Waals surface area (Å²) in [5.74, 6) is -0.687. The van der Waals surface area contributed by atoms with E-state index < -0.39 is 11.9 Å². The summed E-state index contributed by atoms with van der Waals surface area (Å²) in [6, 6.07) is 7.10. The standard InChI is InChI=1S/C20H30O10/c1-15(29-13-19(21)22)11-25-7-9-27-17-3-5-18(6-4-17)28-10-8-26-12-16(2)30-14-20(23)24/h3-6,15-16H,7-14H2,1-2H3,(H,21,22)(H,23,24)/t15-,16-/m1/s1. The van der Waals surface area contributed by atoms with Crippen molar-refractivity contribution in [2.75, 3.05) is 52.9 Å². The first-order valence-corrected chi connectivity index (χ1v) is 9.54. The highest BCUT2D eigenvalue weighted by atomic mass is 16.6. The van der Waals surface area contributed by atoms with Gasteiger partial charge in [-0.15, -0.1) is 0 Å². The van der Waals surface area contributed by atoms with Crippen molar-refractivity contribution in [2.24, 2.45) is 0 Å². The highest BCUT2D eigenvalue weighted by Crippen LogP contribution is 2.17. The average Bonchev–Trinajstić information content (AvgIpc) is 2.71. The van der Waals surface area contributed by atoms with E-state index in [1.807, 2.05) is 0 Å². The Kier molecular flexibility index (Phi) is 13.2. The van der Waals surface area contributed by atoms with E-state index in [4.69, 9.17) is 38.6 Å². The number of benzene rings is 1. The van der Waals surface area contributed by atoms with Gasteiger partial charge in [-0.1, -0.05) is 0 Å². The molecule has 2 atom stereocenters. The van der Waals surface area contributed by atoms with Crippen LogP contribution in [0.15, 0.2) is 24.3 Å². The second-order valence-corrected chi connectivity index (χ2v) is 6.35. The monoisotopic (exact) mass is 430 g/mol. The Morgan fingerprint density at radius 3 is 1.43 bits per heavy atom. The van der Waals surface area contributed by atoms with Gasteiger partial charge in [0, 0.05) is 0 Å². The predicted molar refractivity (Wildman–Crippen MR) is 105 cm³/mol. The van der Waals surface area contributed by atoms with Crippen molar-refractivity contribution in [3.05, 3.63) is 24.3 Å². The van der Waals surface area contributed by atoms with E-state index in [1.165, 1.54) is 0 Å². The number of carbonyl (C=O) groups is 2. The van der Waals surface area contributed by atoms with Gasteiger partial charge in [-0.05, 0) is 38.1 Å². The van der Waals surface area contributed by atoms with Crippen molar-refractivity contribution in [3.8, 4) is 11.5 Å². The number of hydrogen-bond donors (Lipinski definition) is 2. The molecule has 2 N–H and O–H groups in total. The lowest BCUT2D eigenvalue weighted by atomic mass is 10.3. The van der Waals surface area contributed by atoms with E-state index in [2.05, 4.69) is 0 Å². The molecule has 0 aromatic heterocycles. The van der Waals surface area contributed by atoms with Crippen LogP contribution in [-0.2, 0) is 28.5 Å². The lowest BCUT2D eigenvalue weighted by Gasteiger charge is -2.13. The number of carboxylic acid groups (broad SMARTS) is 2. The Balaban J connectivity index is 2.07. The fourth-order valence-corrected chi connectivity index (χ4v) is 2.09. The largest absolute Gasteiger partial charge is 0.491 e. The van der Waals surface area contributed by atoms with Crippen molar-refractivity contribution < 1.29 is 48.2 Å². The zero-order chi connectivity index (χ0) is 22.2. The second-order valence-electron chi connectivity index (χ2n) is 6.35. The molecule has 0 aliphatic rings. The van der Waals surface area contributed by atoms with E-state index in [1.54, 1.807) is 38.1 Å². The Morgan fingerprint density at radius 2 is 1.10 bits per heavy atom. The Hall–Kier alpha value is -2.40. The van der Waals surface area contributed by atoms with Crippen molar-refractivity contribution in [1.29, 1.82) is 0 Å². The van der Waals surface area contributed by atoms with Gasteiger partial charge in [0.15, 0.2) is 0 Å². The van der Waals surface area contributed by atoms with Gasteiger partial charge >= 0.3 is 11.9 Å². The van der Waals surface area contributed by atoms with Crippen LogP contribution in [0.25, 0.3) is 0 Å². The van der Waals surface area contributed by atoms with E-state index in [-0.39, 0.29) is 38.6 Å². The van der Waals surface area contributed by atoms with Gasteiger partial charge in [-0.25, -0.2) is 9.59 Å². The molecular formula is C20H30O10. The van der Waals surface area contributed by atoms with E-state index in [0.717, 1.165) is 0 Å². The van der Waals surface area contributed by atoms with Crippen LogP contribution in [0.1, 0.15) is 13.8 Å². The molecule has 0 spiro atoms. The molecule has 1 aromatic carbocycles. The topological polar surface area (TPSA) is 130 Å². The fraction of sp³-hybridized carbons (Fsp3) is 0.600. The number of aliphatic carboxylic acids is 2. The molecule has 0 fully saturated rings. The average molecular weight is 430 g/mol. The molecule has 30 heavy (non-hydrogen) atoms. The van der Waals surface area contributed by atoms with Crippen molar-refractivity contribution in [1.82, 2.24) is 0 Å². The Morgan fingerprint density at radius 1 is 0.733 bits per heavy atom. The number of carboxylic acids is 2. The van der Waals surface area contributed by atoms with E-state index >= 15 is 0 Å². The summed E-state index contributed by atoms with van der Waals surface area (Å²) in [7, 11) is 0. The molecular weight excluding hydrogens is 400 g/mol. The van der Waals surface area contributed by atoms with Crippen molar-refractivity contribution >= 4 is 11.9 Å². The van der Waals surface area contributed by atoms with Crippen LogP contribution in [0.3, 0.4) is 0 Å². The molecule has 0 saturated heterocycles. The maximum atomic E-state index is 10.4. The van der Waals surface area contributed by atoms with Crippen LogP contribution in [0.4, 0.5) is 0 Å². The summed E-state index contributed by atoms with van der Waals surface area (Å²) >= 11 is 0. The van der Waals surface area contributed by atoms with Gasteiger partial charge in [-0.2, -0.15) is 0 Å². The summed E-state index contributed by atoms with van der Waals surface area (Å²) in [6.45, 7) is 4.76. The lowest BCUT2D eigenvalue weighted by Crippen LogP contribution is -2.21. The Bertz CT molecular complexity index is 551. The zero-order valence-electron chi connectivity index (χ0n) is 17.3. The van der Waals surface area contributed by atoms with Gasteiger partial charge < -0.3 is 38.6 Å². The van der Waals surface area contributed by atoms with Crippen LogP contribution in [-0.4, -0.2) is 87.2 Å². The minimum Gasteiger partial charge on any atom is -0.491 e. The van der Waals surface area contributed by atoms with Crippen molar-refractivity contribution in [3.63, 3.8) is 0 Å². The summed E-state index contributed by atoms with van der Waals surface area (Å²) in [5, 5.41) is 17.0. The summed E-state index contributed by atoms with van der Waals surface area (Å²) in [6.07, 6.45) is -0.607. The maximum absolute atomic E-state index is 10.4. The SMILES string of the molecule is C[C@H](COCCOc1ccc(OCCOC[C@@H](C)OCC(=O)O)cc1)OCC(=O)O. The third-order valence-electron chi connectivity index (χ3n) is 3.50. The number of hydrogen-bond acceptors (Lipinski definition) is 8. The lowest BCUT2D eigenvalue weighted by molar-refractivity contribution is -0.146. The normalized spacial score (nSPS) is 12.9. The third-order valence-corrected chi connectivity index (χ3v) is 3.50. The fourth-order valence-electron chi connectivity index (χ4n) is 2.09. The molecule has 0 bridgehead atoms. The molecule has 0 saturated carbocycles. The smallest absolute Gasteiger partial charge is 0.329 e. The summed E-state index contributed by atoms with van der Waals surface area (Å²) in [4.78, 5) is 20.8. The molecule has 0 heterocycles. The van der Waals surface area contributed by atoms with Crippen LogP contribution in [0.5, 0.6) is 11.5 Å². The molecule has 1 aromatic rings. The van der Waals surface area contributed by atoms with Gasteiger partial charge in [-0.3, -0.25) is 0 Å². The molecule has 10 heteroatoms. The van der Waals surface area contributed by atoms with E-state index in [0.29, 0.717) is 37.9 Å².